The molecule has 3 aliphatic rings. The number of ether oxygens (including phenoxy) is 2. The molecule has 1 saturated carbocycles. The van der Waals surface area contributed by atoms with E-state index in [1.54, 1.807) is 17.0 Å². The Balaban J connectivity index is 1.53. The van der Waals surface area contributed by atoms with Crippen LogP contribution in [0.4, 0.5) is 4.79 Å². The number of fused-ring (bicyclic) bond motifs is 5. The number of benzene rings is 1. The number of nitrogens with one attached hydrogen (secondary N) is 1. The van der Waals surface area contributed by atoms with Crippen molar-refractivity contribution in [3.8, 4) is 5.88 Å². The molecule has 2 amide bonds. The van der Waals surface area contributed by atoms with E-state index in [9.17, 15) is 14.4 Å². The van der Waals surface area contributed by atoms with Crippen LogP contribution in [0.5, 0.6) is 5.88 Å². The smallest absolute Gasteiger partial charge is 0.408 e. The van der Waals surface area contributed by atoms with Crippen LogP contribution in [-0.4, -0.2) is 63.5 Å². The van der Waals surface area contributed by atoms with Crippen LogP contribution in [0.25, 0.3) is 11.0 Å². The van der Waals surface area contributed by atoms with E-state index in [-0.39, 0.29) is 30.3 Å². The second kappa shape index (κ2) is 11.7. The number of halogens is 1. The molecule has 1 saturated heterocycles. The number of alkyl carbamates (subject to hydrolysis) is 1. The highest BCUT2D eigenvalue weighted by Crippen LogP contribution is 2.39. The van der Waals surface area contributed by atoms with Crippen molar-refractivity contribution >= 4 is 40.4 Å². The molecular weight excluding hydrogens is 544 g/mol. The average Bonchev–Trinajstić information content (AvgIpc) is 3.52. The molecular formula is C31H41ClN4O5. The molecule has 6 atom stereocenters. The first-order valence-electron chi connectivity index (χ1n) is 14.9. The Kier molecular flexibility index (Phi) is 8.46. The third-order valence-electron chi connectivity index (χ3n) is 8.67. The number of carbonyl (C=O) groups is 3. The van der Waals surface area contributed by atoms with E-state index >= 15 is 0 Å². The van der Waals surface area contributed by atoms with Gasteiger partial charge >= 0.3 is 6.09 Å². The molecule has 2 aromatic rings. The van der Waals surface area contributed by atoms with E-state index < -0.39 is 29.7 Å². The Bertz CT molecular complexity index is 1330. The molecule has 41 heavy (non-hydrogen) atoms. The van der Waals surface area contributed by atoms with Crippen molar-refractivity contribution < 1.29 is 23.9 Å². The SMILES string of the molecule is CC[C@@H]1[C@@H]2CN(C(=O)[C@H](C(C)(C)C)NC(=O)O[C@@H]3C[C@H]3CCCCCc3nc4ccc(Cl)cc4nc3O2)[C@@H]1C(C)=O. The number of rotatable bonds is 2. The zero-order valence-electron chi connectivity index (χ0n) is 24.6. The normalized spacial score (nSPS) is 29.4. The topological polar surface area (TPSA) is 111 Å². The lowest BCUT2D eigenvalue weighted by atomic mass is 9.85. The lowest BCUT2D eigenvalue weighted by molar-refractivity contribution is -0.141. The van der Waals surface area contributed by atoms with Crippen molar-refractivity contribution in [1.82, 2.24) is 20.2 Å². The molecule has 0 spiro atoms. The molecule has 10 heteroatoms. The van der Waals surface area contributed by atoms with Gasteiger partial charge in [-0.3, -0.25) is 9.59 Å². The van der Waals surface area contributed by atoms with Gasteiger partial charge in [0.15, 0.2) is 5.78 Å². The number of aromatic nitrogens is 2. The summed E-state index contributed by atoms with van der Waals surface area (Å²) < 4.78 is 12.3. The first kappa shape index (κ1) is 29.5. The van der Waals surface area contributed by atoms with Crippen molar-refractivity contribution in [3.63, 3.8) is 0 Å². The lowest BCUT2D eigenvalue weighted by Crippen LogP contribution is -2.57. The summed E-state index contributed by atoms with van der Waals surface area (Å²) >= 11 is 6.26. The standard InChI is InChI=1S/C31H41ClN4O5/c1-6-20-25-16-36(26(20)17(2)37)29(38)27(31(3,4)5)35-30(39)41-24-14-18(24)10-8-7-9-11-22-28(40-25)34-23-15-19(32)12-13-21(23)33-22/h12-13,15,18,20,24-27H,6-11,14,16H2,1-5H3,(H,35,39)/t18-,20-,24-,25+,26-,27-/m1/s1. The van der Waals surface area contributed by atoms with Crippen LogP contribution in [0, 0.1) is 17.3 Å². The van der Waals surface area contributed by atoms with Gasteiger partial charge in [-0.05, 0) is 68.6 Å². The summed E-state index contributed by atoms with van der Waals surface area (Å²) in [5.74, 6) is 0.0960. The van der Waals surface area contributed by atoms with E-state index in [1.807, 2.05) is 33.8 Å². The van der Waals surface area contributed by atoms with E-state index in [2.05, 4.69) is 5.32 Å². The molecule has 0 radical (unpaired) electrons. The van der Waals surface area contributed by atoms with Gasteiger partial charge in [-0.25, -0.2) is 14.8 Å². The summed E-state index contributed by atoms with van der Waals surface area (Å²) in [6.07, 6.45) is 4.93. The molecule has 9 nitrogen and oxygen atoms in total. The van der Waals surface area contributed by atoms with Gasteiger partial charge in [0, 0.05) is 10.9 Å². The fourth-order valence-electron chi connectivity index (χ4n) is 6.33. The molecule has 0 unspecified atom stereocenters. The van der Waals surface area contributed by atoms with Crippen LogP contribution in [0.2, 0.25) is 5.02 Å². The molecule has 2 aliphatic heterocycles. The molecule has 2 bridgehead atoms. The van der Waals surface area contributed by atoms with Crippen LogP contribution >= 0.6 is 11.6 Å². The highest BCUT2D eigenvalue weighted by atomic mass is 35.5. The number of hydrogen-bond acceptors (Lipinski definition) is 7. The fourth-order valence-corrected chi connectivity index (χ4v) is 6.50. The number of Topliss-reactive ketones (excluding diaryl/α,β-unsaturated/α-hetero) is 1. The highest BCUT2D eigenvalue weighted by molar-refractivity contribution is 6.31. The molecule has 1 N–H and O–H groups in total. The van der Waals surface area contributed by atoms with Gasteiger partial charge in [0.2, 0.25) is 11.8 Å². The number of amides is 2. The van der Waals surface area contributed by atoms with Gasteiger partial charge in [0.05, 0.1) is 23.6 Å². The Morgan fingerprint density at radius 3 is 2.59 bits per heavy atom. The molecule has 222 valence electrons. The largest absolute Gasteiger partial charge is 0.471 e. The van der Waals surface area contributed by atoms with E-state index in [0.29, 0.717) is 35.2 Å². The van der Waals surface area contributed by atoms with E-state index in [4.69, 9.17) is 31.0 Å². The molecule has 5 rings (SSSR count). The maximum Gasteiger partial charge on any atom is 0.408 e. The summed E-state index contributed by atoms with van der Waals surface area (Å²) in [5.41, 5.74) is 1.54. The van der Waals surface area contributed by atoms with Crippen molar-refractivity contribution in [2.75, 3.05) is 6.54 Å². The van der Waals surface area contributed by atoms with E-state index in [1.165, 1.54) is 6.92 Å². The fraction of sp³-hybridized carbons (Fsp3) is 0.645. The summed E-state index contributed by atoms with van der Waals surface area (Å²) in [5, 5.41) is 3.41. The average molecular weight is 585 g/mol. The Labute approximate surface area is 246 Å². The molecule has 1 aromatic carbocycles. The van der Waals surface area contributed by atoms with Gasteiger partial charge in [0.25, 0.3) is 0 Å². The Morgan fingerprint density at radius 1 is 1.10 bits per heavy atom. The quantitative estimate of drug-likeness (QED) is 0.496. The van der Waals surface area contributed by atoms with Crippen molar-refractivity contribution in [2.24, 2.45) is 17.3 Å². The number of ketones is 1. The third kappa shape index (κ3) is 6.45. The third-order valence-corrected chi connectivity index (χ3v) is 8.91. The summed E-state index contributed by atoms with van der Waals surface area (Å²) in [6.45, 7) is 9.39. The number of aryl methyl sites for hydroxylation is 1. The predicted octanol–water partition coefficient (Wildman–Crippen LogP) is 5.50. The van der Waals surface area contributed by atoms with Crippen LogP contribution in [0.3, 0.4) is 0 Å². The van der Waals surface area contributed by atoms with Gasteiger partial charge < -0.3 is 19.7 Å². The maximum atomic E-state index is 14.1. The highest BCUT2D eigenvalue weighted by Gasteiger charge is 2.50. The zero-order valence-corrected chi connectivity index (χ0v) is 25.4. The van der Waals surface area contributed by atoms with Crippen LogP contribution in [0.15, 0.2) is 18.2 Å². The van der Waals surface area contributed by atoms with Gasteiger partial charge in [0.1, 0.15) is 23.9 Å². The maximum absolute atomic E-state index is 14.1. The minimum Gasteiger partial charge on any atom is -0.471 e. The molecule has 1 aliphatic carbocycles. The number of nitrogens with zero attached hydrogens (tertiary/aromatic N) is 3. The van der Waals surface area contributed by atoms with Gasteiger partial charge in [-0.15, -0.1) is 0 Å². The van der Waals surface area contributed by atoms with Crippen LogP contribution in [-0.2, 0) is 20.7 Å². The Hall–Kier alpha value is -2.94. The van der Waals surface area contributed by atoms with Gasteiger partial charge in [-0.2, -0.15) is 0 Å². The van der Waals surface area contributed by atoms with Gasteiger partial charge in [-0.1, -0.05) is 52.1 Å². The monoisotopic (exact) mass is 584 g/mol. The van der Waals surface area contributed by atoms with Crippen molar-refractivity contribution in [1.29, 1.82) is 0 Å². The van der Waals surface area contributed by atoms with Crippen molar-refractivity contribution in [3.05, 3.63) is 28.9 Å². The molecule has 1 aromatic heterocycles. The summed E-state index contributed by atoms with van der Waals surface area (Å²) in [4.78, 5) is 51.4. The van der Waals surface area contributed by atoms with Crippen LogP contribution < -0.4 is 10.1 Å². The minimum atomic E-state index is -0.873. The zero-order chi connectivity index (χ0) is 29.5. The first-order valence-corrected chi connectivity index (χ1v) is 15.2. The summed E-state index contributed by atoms with van der Waals surface area (Å²) in [7, 11) is 0. The minimum absolute atomic E-state index is 0.116. The second-order valence-corrected chi connectivity index (χ2v) is 13.3. The molecule has 2 fully saturated rings. The number of hydrogen-bond donors (Lipinski definition) is 1. The lowest BCUT2D eigenvalue weighted by Gasteiger charge is -2.35. The Morgan fingerprint density at radius 2 is 1.88 bits per heavy atom. The van der Waals surface area contributed by atoms with E-state index in [0.717, 1.165) is 43.3 Å². The predicted molar refractivity (Wildman–Crippen MR) is 156 cm³/mol. The summed E-state index contributed by atoms with van der Waals surface area (Å²) in [6, 6.07) is 3.88. The van der Waals surface area contributed by atoms with Crippen molar-refractivity contribution in [2.45, 2.75) is 104 Å². The first-order chi connectivity index (χ1) is 19.5. The molecule has 3 heterocycles. The second-order valence-electron chi connectivity index (χ2n) is 12.9. The number of carbonyl (C=O) groups excluding carboxylic acids is 3. The van der Waals surface area contributed by atoms with Crippen LogP contribution in [0.1, 0.15) is 78.8 Å².